The van der Waals surface area contributed by atoms with Gasteiger partial charge in [0.1, 0.15) is 11.6 Å². The van der Waals surface area contributed by atoms with Gasteiger partial charge in [-0.3, -0.25) is 4.79 Å². The first-order valence-corrected chi connectivity index (χ1v) is 6.38. The van der Waals surface area contributed by atoms with Crippen LogP contribution in [0.1, 0.15) is 30.1 Å². The van der Waals surface area contributed by atoms with Gasteiger partial charge in [0.2, 0.25) is 5.88 Å². The summed E-state index contributed by atoms with van der Waals surface area (Å²) >= 11 is 0. The molecule has 110 valence electrons. The van der Waals surface area contributed by atoms with Gasteiger partial charge in [0.15, 0.2) is 0 Å². The van der Waals surface area contributed by atoms with Crippen molar-refractivity contribution in [3.8, 4) is 11.6 Å². The predicted molar refractivity (Wildman–Crippen MR) is 68.4 cm³/mol. The molecule has 0 spiro atoms. The predicted octanol–water partition coefficient (Wildman–Crippen LogP) is 3.46. The van der Waals surface area contributed by atoms with Crippen LogP contribution < -0.4 is 10.3 Å². The van der Waals surface area contributed by atoms with Crippen LogP contribution in [0.5, 0.6) is 11.6 Å². The average Bonchev–Trinajstić information content (AvgIpc) is 3.21. The van der Waals surface area contributed by atoms with E-state index in [9.17, 15) is 18.0 Å². The van der Waals surface area contributed by atoms with Crippen molar-refractivity contribution in [3.63, 3.8) is 0 Å². The lowest BCUT2D eigenvalue weighted by Crippen LogP contribution is -2.10. The van der Waals surface area contributed by atoms with Crippen molar-refractivity contribution >= 4 is 0 Å². The number of nitrogens with zero attached hydrogens (tertiary/aromatic N) is 1. The lowest BCUT2D eigenvalue weighted by molar-refractivity contribution is -0.137. The molecule has 0 radical (unpaired) electrons. The Labute approximate surface area is 117 Å². The minimum Gasteiger partial charge on any atom is -0.439 e. The zero-order valence-corrected chi connectivity index (χ0v) is 10.8. The molecule has 1 aromatic heterocycles. The minimum absolute atomic E-state index is 0.0000236. The summed E-state index contributed by atoms with van der Waals surface area (Å²) in [5, 5.41) is 0. The molecule has 0 bridgehead atoms. The number of H-pyrrole nitrogens is 1. The Kier molecular flexibility index (Phi) is 3.19. The molecule has 1 fully saturated rings. The molecule has 0 aliphatic heterocycles. The highest BCUT2D eigenvalue weighted by molar-refractivity contribution is 5.33. The summed E-state index contributed by atoms with van der Waals surface area (Å²) in [5.74, 6) is 0.719. The second-order valence-electron chi connectivity index (χ2n) is 4.87. The van der Waals surface area contributed by atoms with Gasteiger partial charge in [0.25, 0.3) is 5.56 Å². The first kappa shape index (κ1) is 13.7. The molecular formula is C14H11F3N2O2. The van der Waals surface area contributed by atoms with Crippen molar-refractivity contribution in [2.45, 2.75) is 24.9 Å². The van der Waals surface area contributed by atoms with Gasteiger partial charge in [-0.15, -0.1) is 0 Å². The Balaban J connectivity index is 1.88. The number of aromatic amines is 1. The number of benzene rings is 1. The van der Waals surface area contributed by atoms with Crippen LogP contribution in [0.2, 0.25) is 0 Å². The van der Waals surface area contributed by atoms with Crippen LogP contribution >= 0.6 is 0 Å². The van der Waals surface area contributed by atoms with Gasteiger partial charge in [-0.05, 0) is 31.0 Å². The van der Waals surface area contributed by atoms with Gasteiger partial charge in [0.05, 0.1) is 11.6 Å². The van der Waals surface area contributed by atoms with E-state index in [1.54, 1.807) is 0 Å². The fourth-order valence-corrected chi connectivity index (χ4v) is 1.91. The number of alkyl halides is 3. The van der Waals surface area contributed by atoms with Gasteiger partial charge in [-0.2, -0.15) is 18.2 Å². The molecule has 0 amide bonds. The van der Waals surface area contributed by atoms with Gasteiger partial charge in [-0.25, -0.2) is 0 Å². The van der Waals surface area contributed by atoms with Crippen molar-refractivity contribution in [2.75, 3.05) is 0 Å². The van der Waals surface area contributed by atoms with Crippen LogP contribution in [0.25, 0.3) is 0 Å². The second kappa shape index (κ2) is 4.91. The standard InChI is InChI=1S/C14H11F3N2O2/c15-14(16,17)9-2-1-3-10(6-9)21-12-7-11(20)18-13(19-12)8-4-5-8/h1-3,6-8H,4-5H2,(H,18,19,20). The summed E-state index contributed by atoms with van der Waals surface area (Å²) in [4.78, 5) is 18.2. The first-order valence-electron chi connectivity index (χ1n) is 6.38. The third-order valence-corrected chi connectivity index (χ3v) is 3.08. The van der Waals surface area contributed by atoms with Gasteiger partial charge in [-0.1, -0.05) is 6.07 Å². The molecule has 0 atom stereocenters. The molecule has 1 N–H and O–H groups in total. The average molecular weight is 296 g/mol. The molecule has 7 heteroatoms. The molecule has 21 heavy (non-hydrogen) atoms. The van der Waals surface area contributed by atoms with Gasteiger partial charge in [0, 0.05) is 5.92 Å². The van der Waals surface area contributed by atoms with Crippen LogP contribution in [0.4, 0.5) is 13.2 Å². The van der Waals surface area contributed by atoms with E-state index in [2.05, 4.69) is 9.97 Å². The highest BCUT2D eigenvalue weighted by Crippen LogP contribution is 2.38. The van der Waals surface area contributed by atoms with Crippen LogP contribution in [0.3, 0.4) is 0 Å². The summed E-state index contributed by atoms with van der Waals surface area (Å²) in [7, 11) is 0. The van der Waals surface area contributed by atoms with E-state index < -0.39 is 11.7 Å². The number of ether oxygens (including phenoxy) is 1. The zero-order chi connectivity index (χ0) is 15.0. The van der Waals surface area contributed by atoms with Crippen LogP contribution in [-0.2, 0) is 6.18 Å². The lowest BCUT2D eigenvalue weighted by Gasteiger charge is -2.09. The Morgan fingerprint density at radius 3 is 2.67 bits per heavy atom. The van der Waals surface area contributed by atoms with E-state index in [-0.39, 0.29) is 23.1 Å². The number of nitrogens with one attached hydrogen (secondary N) is 1. The molecule has 0 saturated heterocycles. The third kappa shape index (κ3) is 3.24. The van der Waals surface area contributed by atoms with E-state index >= 15 is 0 Å². The molecule has 1 heterocycles. The Morgan fingerprint density at radius 1 is 1.24 bits per heavy atom. The maximum Gasteiger partial charge on any atom is 0.416 e. The monoisotopic (exact) mass is 296 g/mol. The first-order chi connectivity index (χ1) is 9.91. The summed E-state index contributed by atoms with van der Waals surface area (Å²) in [6.07, 6.45) is -2.56. The van der Waals surface area contributed by atoms with Gasteiger partial charge < -0.3 is 9.72 Å². The largest absolute Gasteiger partial charge is 0.439 e. The molecule has 3 rings (SSSR count). The molecule has 1 saturated carbocycles. The van der Waals surface area contributed by atoms with E-state index in [1.807, 2.05) is 0 Å². The van der Waals surface area contributed by atoms with Crippen LogP contribution in [-0.4, -0.2) is 9.97 Å². The van der Waals surface area contributed by atoms with Gasteiger partial charge >= 0.3 is 6.18 Å². The van der Waals surface area contributed by atoms with Crippen molar-refractivity contribution in [2.24, 2.45) is 0 Å². The zero-order valence-electron chi connectivity index (χ0n) is 10.8. The molecule has 0 unspecified atom stereocenters. The van der Waals surface area contributed by atoms with Crippen molar-refractivity contribution in [3.05, 3.63) is 52.1 Å². The molecular weight excluding hydrogens is 285 g/mol. The molecule has 1 aliphatic rings. The summed E-state index contributed by atoms with van der Waals surface area (Å²) in [6, 6.07) is 5.57. The lowest BCUT2D eigenvalue weighted by atomic mass is 10.2. The van der Waals surface area contributed by atoms with E-state index in [0.717, 1.165) is 31.0 Å². The van der Waals surface area contributed by atoms with E-state index in [4.69, 9.17) is 4.74 Å². The number of aromatic nitrogens is 2. The molecule has 1 aromatic carbocycles. The Morgan fingerprint density at radius 2 is 2.00 bits per heavy atom. The number of halogens is 3. The van der Waals surface area contributed by atoms with E-state index in [0.29, 0.717) is 5.82 Å². The van der Waals surface area contributed by atoms with E-state index in [1.165, 1.54) is 12.1 Å². The van der Waals surface area contributed by atoms with Crippen molar-refractivity contribution in [1.82, 2.24) is 9.97 Å². The van der Waals surface area contributed by atoms with Crippen molar-refractivity contribution in [1.29, 1.82) is 0 Å². The Bertz CT molecular complexity index is 721. The SMILES string of the molecule is O=c1cc(Oc2cccc(C(F)(F)F)c2)nc(C2CC2)[nH]1. The van der Waals surface area contributed by atoms with Crippen LogP contribution in [0.15, 0.2) is 35.1 Å². The summed E-state index contributed by atoms with van der Waals surface area (Å²) in [5.41, 5.74) is -1.19. The number of hydrogen-bond acceptors (Lipinski definition) is 3. The second-order valence-corrected chi connectivity index (χ2v) is 4.87. The topological polar surface area (TPSA) is 55.0 Å². The quantitative estimate of drug-likeness (QED) is 0.943. The normalized spacial score (nSPS) is 15.0. The Hall–Kier alpha value is -2.31. The number of rotatable bonds is 3. The maximum atomic E-state index is 12.6. The third-order valence-electron chi connectivity index (χ3n) is 3.08. The highest BCUT2D eigenvalue weighted by Gasteiger charge is 2.31. The smallest absolute Gasteiger partial charge is 0.416 e. The number of hydrogen-bond donors (Lipinski definition) is 1. The summed E-state index contributed by atoms with van der Waals surface area (Å²) < 4.78 is 43.2. The fourth-order valence-electron chi connectivity index (χ4n) is 1.91. The molecule has 4 nitrogen and oxygen atoms in total. The van der Waals surface area contributed by atoms with Crippen LogP contribution in [0, 0.1) is 0 Å². The van der Waals surface area contributed by atoms with Crippen molar-refractivity contribution < 1.29 is 17.9 Å². The molecule has 2 aromatic rings. The fraction of sp³-hybridized carbons (Fsp3) is 0.286. The summed E-state index contributed by atoms with van der Waals surface area (Å²) in [6.45, 7) is 0. The maximum absolute atomic E-state index is 12.6. The minimum atomic E-state index is -4.44. The molecule has 1 aliphatic carbocycles. The highest BCUT2D eigenvalue weighted by atomic mass is 19.4.